The molecule has 98 valence electrons. The van der Waals surface area contributed by atoms with Crippen LogP contribution in [0, 0.1) is 0 Å². The molecule has 0 aliphatic rings. The van der Waals surface area contributed by atoms with Gasteiger partial charge < -0.3 is 9.53 Å². The third-order valence-corrected chi connectivity index (χ3v) is 2.85. The second-order valence-electron chi connectivity index (χ2n) is 4.16. The zero-order valence-electron chi connectivity index (χ0n) is 10.6. The lowest BCUT2D eigenvalue weighted by atomic mass is 9.91. The van der Waals surface area contributed by atoms with Crippen molar-refractivity contribution >= 4 is 23.4 Å². The molecule has 0 aliphatic carbocycles. The molecule has 4 heteroatoms. The molecule has 0 aliphatic heterocycles. The average molecular weight is 269 g/mol. The Morgan fingerprint density at radius 2 is 1.83 bits per heavy atom. The molecule has 3 nitrogen and oxygen atoms in total. The topological polar surface area (TPSA) is 43.4 Å². The Balaban J connectivity index is 2.80. The van der Waals surface area contributed by atoms with E-state index in [9.17, 15) is 9.59 Å². The van der Waals surface area contributed by atoms with Crippen LogP contribution in [0.5, 0.6) is 0 Å². The summed E-state index contributed by atoms with van der Waals surface area (Å²) in [6.07, 6.45) is 0.551. The number of hydrogen-bond donors (Lipinski definition) is 0. The van der Waals surface area contributed by atoms with E-state index >= 15 is 0 Å². The first-order valence-corrected chi connectivity index (χ1v) is 6.31. The van der Waals surface area contributed by atoms with Gasteiger partial charge in [-0.3, -0.25) is 4.79 Å². The Bertz CT molecular complexity index is 412. The van der Waals surface area contributed by atoms with Gasteiger partial charge >= 0.3 is 5.97 Å². The molecule has 0 fully saturated rings. The monoisotopic (exact) mass is 268 g/mol. The second-order valence-corrected chi connectivity index (χ2v) is 4.60. The smallest absolute Gasteiger partial charge is 0.306 e. The van der Waals surface area contributed by atoms with Gasteiger partial charge in [0.05, 0.1) is 13.0 Å². The Morgan fingerprint density at radius 1 is 1.22 bits per heavy atom. The molecule has 0 spiro atoms. The lowest BCUT2D eigenvalue weighted by molar-refractivity contribution is -0.143. The van der Waals surface area contributed by atoms with Gasteiger partial charge in [-0.15, -0.1) is 0 Å². The molecule has 0 unspecified atom stereocenters. The Hall–Kier alpha value is -1.35. The molecule has 18 heavy (non-hydrogen) atoms. The maximum atomic E-state index is 11.5. The molecule has 0 N–H and O–H groups in total. The summed E-state index contributed by atoms with van der Waals surface area (Å²) in [7, 11) is 0. The van der Waals surface area contributed by atoms with Crippen molar-refractivity contribution in [1.29, 1.82) is 0 Å². The van der Waals surface area contributed by atoms with Crippen molar-refractivity contribution in [2.75, 3.05) is 6.61 Å². The predicted molar refractivity (Wildman–Crippen MR) is 70.7 cm³/mol. The fraction of sp³-hybridized carbons (Fsp3) is 0.429. The number of halogens is 1. The first-order chi connectivity index (χ1) is 8.52. The number of carbonyl (C=O) groups is 2. The molecule has 1 atom stereocenters. The number of carbonyl (C=O) groups excluding carboxylic acids is 2. The molecule has 0 saturated heterocycles. The molecular weight excluding hydrogens is 252 g/mol. The van der Waals surface area contributed by atoms with Crippen LogP contribution in [0.15, 0.2) is 24.3 Å². The van der Waals surface area contributed by atoms with Gasteiger partial charge in [-0.1, -0.05) is 23.7 Å². The second kappa shape index (κ2) is 7.17. The normalized spacial score (nSPS) is 11.9. The highest BCUT2D eigenvalue weighted by Crippen LogP contribution is 2.25. The van der Waals surface area contributed by atoms with Crippen molar-refractivity contribution in [1.82, 2.24) is 0 Å². The minimum Gasteiger partial charge on any atom is -0.466 e. The maximum Gasteiger partial charge on any atom is 0.306 e. The van der Waals surface area contributed by atoms with E-state index in [1.807, 2.05) is 12.1 Å². The van der Waals surface area contributed by atoms with E-state index in [0.717, 1.165) is 5.56 Å². The van der Waals surface area contributed by atoms with Crippen LogP contribution in [-0.2, 0) is 14.3 Å². The molecule has 1 rings (SSSR count). The quantitative estimate of drug-likeness (QED) is 0.743. The summed E-state index contributed by atoms with van der Waals surface area (Å²) in [5.41, 5.74) is 0.933. The minimum atomic E-state index is -0.279. The van der Waals surface area contributed by atoms with Gasteiger partial charge in [0.25, 0.3) is 0 Å². The third kappa shape index (κ3) is 4.88. The van der Waals surface area contributed by atoms with Gasteiger partial charge in [-0.2, -0.15) is 0 Å². The predicted octanol–water partition coefficient (Wildman–Crippen LogP) is 3.36. The molecule has 1 aromatic rings. The summed E-state index contributed by atoms with van der Waals surface area (Å²) < 4.78 is 4.92. The lowest BCUT2D eigenvalue weighted by Crippen LogP contribution is -2.13. The number of esters is 1. The van der Waals surface area contributed by atoms with Crippen LogP contribution < -0.4 is 0 Å². The zero-order chi connectivity index (χ0) is 13.5. The van der Waals surface area contributed by atoms with Crippen molar-refractivity contribution in [3.05, 3.63) is 34.9 Å². The van der Waals surface area contributed by atoms with E-state index in [0.29, 0.717) is 18.1 Å². The molecular formula is C14H17ClO3. The number of ether oxygens (including phenoxy) is 1. The fourth-order valence-corrected chi connectivity index (χ4v) is 1.94. The van der Waals surface area contributed by atoms with E-state index in [-0.39, 0.29) is 24.1 Å². The lowest BCUT2D eigenvalue weighted by Gasteiger charge is -2.15. The van der Waals surface area contributed by atoms with E-state index < -0.39 is 0 Å². The van der Waals surface area contributed by atoms with Gasteiger partial charge in [-0.05, 0) is 31.5 Å². The summed E-state index contributed by atoms with van der Waals surface area (Å²) >= 11 is 5.82. The van der Waals surface area contributed by atoms with Crippen molar-refractivity contribution in [3.8, 4) is 0 Å². The van der Waals surface area contributed by atoms with E-state index in [4.69, 9.17) is 16.3 Å². The highest BCUT2D eigenvalue weighted by Gasteiger charge is 2.18. The standard InChI is InChI=1S/C14H17ClO3/c1-3-18-14(17)9-12(8-10(2)16)11-4-6-13(15)7-5-11/h4-7,12H,3,8-9H2,1-2H3/t12-/m1/s1. The minimum absolute atomic E-state index is 0.0549. The van der Waals surface area contributed by atoms with Crippen molar-refractivity contribution in [2.45, 2.75) is 32.6 Å². The van der Waals surface area contributed by atoms with E-state index in [1.54, 1.807) is 19.1 Å². The first kappa shape index (κ1) is 14.7. The van der Waals surface area contributed by atoms with Crippen molar-refractivity contribution < 1.29 is 14.3 Å². The average Bonchev–Trinajstić information content (AvgIpc) is 2.28. The van der Waals surface area contributed by atoms with Gasteiger partial charge in [0.1, 0.15) is 5.78 Å². The van der Waals surface area contributed by atoms with Gasteiger partial charge in [0, 0.05) is 17.4 Å². The Morgan fingerprint density at radius 3 is 2.33 bits per heavy atom. The highest BCUT2D eigenvalue weighted by molar-refractivity contribution is 6.30. The molecule has 0 saturated carbocycles. The molecule has 0 bridgehead atoms. The van der Waals surface area contributed by atoms with Crippen molar-refractivity contribution in [2.24, 2.45) is 0 Å². The van der Waals surface area contributed by atoms with Crippen LogP contribution in [0.3, 0.4) is 0 Å². The van der Waals surface area contributed by atoms with E-state index in [2.05, 4.69) is 0 Å². The summed E-state index contributed by atoms with van der Waals surface area (Å²) in [5.74, 6) is -0.364. The molecule has 0 aromatic heterocycles. The molecule has 1 aromatic carbocycles. The van der Waals surface area contributed by atoms with Crippen LogP contribution in [0.2, 0.25) is 5.02 Å². The molecule has 0 radical (unpaired) electrons. The number of Topliss-reactive ketones (excluding diaryl/α,β-unsaturated/α-hetero) is 1. The van der Waals surface area contributed by atoms with Crippen LogP contribution in [0.1, 0.15) is 38.2 Å². The Kier molecular flexibility index (Phi) is 5.86. The largest absolute Gasteiger partial charge is 0.466 e. The fourth-order valence-electron chi connectivity index (χ4n) is 1.81. The van der Waals surface area contributed by atoms with Crippen LogP contribution >= 0.6 is 11.6 Å². The Labute approximate surface area is 112 Å². The molecule has 0 heterocycles. The van der Waals surface area contributed by atoms with Crippen LogP contribution in [-0.4, -0.2) is 18.4 Å². The summed E-state index contributed by atoms with van der Waals surface area (Å²) in [6, 6.07) is 7.20. The van der Waals surface area contributed by atoms with Gasteiger partial charge in [-0.25, -0.2) is 0 Å². The zero-order valence-corrected chi connectivity index (χ0v) is 11.4. The molecule has 0 amide bonds. The summed E-state index contributed by atoms with van der Waals surface area (Å²) in [4.78, 5) is 22.8. The number of hydrogen-bond acceptors (Lipinski definition) is 3. The van der Waals surface area contributed by atoms with Crippen LogP contribution in [0.4, 0.5) is 0 Å². The third-order valence-electron chi connectivity index (χ3n) is 2.59. The number of ketones is 1. The van der Waals surface area contributed by atoms with Crippen molar-refractivity contribution in [3.63, 3.8) is 0 Å². The number of benzene rings is 1. The van der Waals surface area contributed by atoms with E-state index in [1.165, 1.54) is 6.92 Å². The summed E-state index contributed by atoms with van der Waals surface area (Å²) in [6.45, 7) is 3.64. The van der Waals surface area contributed by atoms with Gasteiger partial charge in [0.15, 0.2) is 0 Å². The highest BCUT2D eigenvalue weighted by atomic mass is 35.5. The SMILES string of the molecule is CCOC(=O)C[C@@H](CC(C)=O)c1ccc(Cl)cc1. The summed E-state index contributed by atoms with van der Waals surface area (Å²) in [5, 5.41) is 0.636. The maximum absolute atomic E-state index is 11.5. The first-order valence-electron chi connectivity index (χ1n) is 5.93. The van der Waals surface area contributed by atoms with Crippen LogP contribution in [0.25, 0.3) is 0 Å². The van der Waals surface area contributed by atoms with Gasteiger partial charge in [0.2, 0.25) is 0 Å². The number of rotatable bonds is 6.